The van der Waals surface area contributed by atoms with E-state index in [1.54, 1.807) is 30.3 Å². The molecule has 0 amide bonds. The van der Waals surface area contributed by atoms with Crippen LogP contribution in [0.25, 0.3) is 0 Å². The Morgan fingerprint density at radius 3 is 2.35 bits per heavy atom. The second-order valence-corrected chi connectivity index (χ2v) is 6.40. The van der Waals surface area contributed by atoms with Crippen LogP contribution < -0.4 is 5.73 Å². The van der Waals surface area contributed by atoms with Crippen LogP contribution in [-0.4, -0.2) is 19.8 Å². The molecule has 0 bridgehead atoms. The summed E-state index contributed by atoms with van der Waals surface area (Å²) in [6, 6.07) is 12.3. The summed E-state index contributed by atoms with van der Waals surface area (Å²) in [5.41, 5.74) is 6.17. The van der Waals surface area contributed by atoms with E-state index in [9.17, 15) is 12.8 Å². The number of benzene rings is 2. The number of nitrogens with zero attached hydrogens (tertiary/aromatic N) is 1. The molecule has 106 valence electrons. The van der Waals surface area contributed by atoms with Crippen molar-refractivity contribution in [3.8, 4) is 0 Å². The molecule has 0 spiro atoms. The maximum absolute atomic E-state index is 13.6. The van der Waals surface area contributed by atoms with Gasteiger partial charge in [-0.1, -0.05) is 30.3 Å². The van der Waals surface area contributed by atoms with Gasteiger partial charge in [0.25, 0.3) is 0 Å². The second-order valence-electron chi connectivity index (χ2n) is 4.39. The maximum Gasteiger partial charge on any atom is 0.245 e. The number of para-hydroxylation sites is 1. The molecule has 0 aromatic heterocycles. The van der Waals surface area contributed by atoms with Crippen LogP contribution in [0.15, 0.2) is 53.4 Å². The highest BCUT2D eigenvalue weighted by atomic mass is 32.2. The molecule has 0 unspecified atom stereocenters. The fourth-order valence-corrected chi connectivity index (χ4v) is 3.10. The van der Waals surface area contributed by atoms with E-state index in [-0.39, 0.29) is 17.1 Å². The molecule has 0 radical (unpaired) electrons. The highest BCUT2D eigenvalue weighted by Gasteiger charge is 2.23. The number of anilines is 1. The smallest absolute Gasteiger partial charge is 0.245 e. The summed E-state index contributed by atoms with van der Waals surface area (Å²) >= 11 is 0. The van der Waals surface area contributed by atoms with Crippen LogP contribution in [-0.2, 0) is 16.6 Å². The van der Waals surface area contributed by atoms with Gasteiger partial charge in [0.2, 0.25) is 10.0 Å². The van der Waals surface area contributed by atoms with Gasteiger partial charge < -0.3 is 5.73 Å². The Kier molecular flexibility index (Phi) is 4.06. The van der Waals surface area contributed by atoms with E-state index in [2.05, 4.69) is 0 Å². The zero-order valence-corrected chi connectivity index (χ0v) is 11.8. The van der Waals surface area contributed by atoms with Gasteiger partial charge in [-0.15, -0.1) is 0 Å². The summed E-state index contributed by atoms with van der Waals surface area (Å²) in [7, 11) is -2.35. The van der Waals surface area contributed by atoms with Gasteiger partial charge in [0.05, 0.1) is 5.69 Å². The van der Waals surface area contributed by atoms with Crippen LogP contribution in [0.1, 0.15) is 5.56 Å². The third kappa shape index (κ3) is 2.81. The number of nitrogen functional groups attached to an aromatic ring is 1. The summed E-state index contributed by atoms with van der Waals surface area (Å²) in [4.78, 5) is 0.0267. The van der Waals surface area contributed by atoms with Crippen LogP contribution in [0.5, 0.6) is 0 Å². The molecule has 4 nitrogen and oxygen atoms in total. The standard InChI is InChI=1S/C14H15FN2O2S/c1-17(10-11-6-2-3-7-12(11)15)20(18,19)14-9-5-4-8-13(14)16/h2-9H,10,16H2,1H3. The Labute approximate surface area is 117 Å². The summed E-state index contributed by atoms with van der Waals surface area (Å²) < 4.78 is 39.4. The van der Waals surface area contributed by atoms with E-state index >= 15 is 0 Å². The van der Waals surface area contributed by atoms with Gasteiger partial charge in [-0.05, 0) is 18.2 Å². The average Bonchev–Trinajstić information content (AvgIpc) is 2.41. The van der Waals surface area contributed by atoms with E-state index in [1.165, 1.54) is 25.2 Å². The summed E-state index contributed by atoms with van der Waals surface area (Å²) in [6.45, 7) is -0.0522. The molecule has 0 aliphatic rings. The predicted octanol–water partition coefficient (Wildman–Crippen LogP) is 2.23. The van der Waals surface area contributed by atoms with E-state index in [4.69, 9.17) is 5.73 Å². The van der Waals surface area contributed by atoms with Gasteiger partial charge >= 0.3 is 0 Å². The highest BCUT2D eigenvalue weighted by molar-refractivity contribution is 7.89. The molecular formula is C14H15FN2O2S. The third-order valence-corrected chi connectivity index (χ3v) is 4.84. The van der Waals surface area contributed by atoms with Crippen molar-refractivity contribution in [1.29, 1.82) is 0 Å². The van der Waals surface area contributed by atoms with Crippen LogP contribution in [0, 0.1) is 5.82 Å². The van der Waals surface area contributed by atoms with Crippen molar-refractivity contribution in [2.45, 2.75) is 11.4 Å². The molecule has 20 heavy (non-hydrogen) atoms. The number of hydrogen-bond acceptors (Lipinski definition) is 3. The fourth-order valence-electron chi connectivity index (χ4n) is 1.83. The molecule has 0 saturated heterocycles. The van der Waals surface area contributed by atoms with Crippen LogP contribution in [0.3, 0.4) is 0 Å². The zero-order chi connectivity index (χ0) is 14.8. The van der Waals surface area contributed by atoms with E-state index in [0.717, 1.165) is 4.31 Å². The van der Waals surface area contributed by atoms with E-state index < -0.39 is 15.8 Å². The number of halogens is 1. The molecule has 2 aromatic carbocycles. The fraction of sp³-hybridized carbons (Fsp3) is 0.143. The number of hydrogen-bond donors (Lipinski definition) is 1. The first kappa shape index (κ1) is 14.5. The predicted molar refractivity (Wildman–Crippen MR) is 75.9 cm³/mol. The molecule has 2 aromatic rings. The first-order valence-electron chi connectivity index (χ1n) is 5.97. The quantitative estimate of drug-likeness (QED) is 0.880. The van der Waals surface area contributed by atoms with Crippen LogP contribution >= 0.6 is 0 Å². The molecule has 0 atom stereocenters. The Balaban J connectivity index is 2.31. The number of sulfonamides is 1. The Bertz CT molecular complexity index is 717. The highest BCUT2D eigenvalue weighted by Crippen LogP contribution is 2.22. The molecule has 2 rings (SSSR count). The van der Waals surface area contributed by atoms with Crippen molar-refractivity contribution < 1.29 is 12.8 Å². The first-order valence-corrected chi connectivity index (χ1v) is 7.41. The lowest BCUT2D eigenvalue weighted by Crippen LogP contribution is -2.27. The van der Waals surface area contributed by atoms with Gasteiger partial charge in [-0.25, -0.2) is 12.8 Å². The minimum Gasteiger partial charge on any atom is -0.398 e. The first-order chi connectivity index (χ1) is 9.43. The second kappa shape index (κ2) is 5.60. The van der Waals surface area contributed by atoms with Crippen molar-refractivity contribution in [3.63, 3.8) is 0 Å². The summed E-state index contributed by atoms with van der Waals surface area (Å²) in [5.74, 6) is -0.435. The van der Waals surface area contributed by atoms with Crippen LogP contribution in [0.4, 0.5) is 10.1 Å². The van der Waals surface area contributed by atoms with E-state index in [0.29, 0.717) is 5.56 Å². The zero-order valence-electron chi connectivity index (χ0n) is 11.0. The minimum atomic E-state index is -3.74. The Morgan fingerprint density at radius 2 is 1.70 bits per heavy atom. The van der Waals surface area contributed by atoms with E-state index in [1.807, 2.05) is 0 Å². The third-order valence-electron chi connectivity index (χ3n) is 2.96. The van der Waals surface area contributed by atoms with Crippen molar-refractivity contribution in [3.05, 3.63) is 59.9 Å². The number of rotatable bonds is 4. The van der Waals surface area contributed by atoms with Gasteiger partial charge in [-0.3, -0.25) is 0 Å². The van der Waals surface area contributed by atoms with Gasteiger partial charge in [-0.2, -0.15) is 4.31 Å². The van der Waals surface area contributed by atoms with Crippen molar-refractivity contribution in [1.82, 2.24) is 4.31 Å². The van der Waals surface area contributed by atoms with Crippen molar-refractivity contribution in [2.75, 3.05) is 12.8 Å². The largest absolute Gasteiger partial charge is 0.398 e. The lowest BCUT2D eigenvalue weighted by molar-refractivity contribution is 0.456. The summed E-state index contributed by atoms with van der Waals surface area (Å²) in [6.07, 6.45) is 0. The van der Waals surface area contributed by atoms with Gasteiger partial charge in [0, 0.05) is 19.2 Å². The van der Waals surface area contributed by atoms with Crippen LogP contribution in [0.2, 0.25) is 0 Å². The topological polar surface area (TPSA) is 63.4 Å². The van der Waals surface area contributed by atoms with Crippen molar-refractivity contribution in [2.24, 2.45) is 0 Å². The molecule has 2 N–H and O–H groups in total. The Morgan fingerprint density at radius 1 is 1.10 bits per heavy atom. The average molecular weight is 294 g/mol. The molecular weight excluding hydrogens is 279 g/mol. The molecule has 0 aliphatic carbocycles. The normalized spacial score (nSPS) is 11.8. The molecule has 0 saturated carbocycles. The lowest BCUT2D eigenvalue weighted by Gasteiger charge is -2.18. The molecule has 0 aliphatic heterocycles. The monoisotopic (exact) mass is 294 g/mol. The van der Waals surface area contributed by atoms with Crippen molar-refractivity contribution >= 4 is 15.7 Å². The molecule has 6 heteroatoms. The summed E-state index contributed by atoms with van der Waals surface area (Å²) in [5, 5.41) is 0. The lowest BCUT2D eigenvalue weighted by atomic mass is 10.2. The SMILES string of the molecule is CN(Cc1ccccc1F)S(=O)(=O)c1ccccc1N. The van der Waals surface area contributed by atoms with Gasteiger partial charge in [0.1, 0.15) is 10.7 Å². The number of nitrogens with two attached hydrogens (primary N) is 1. The minimum absolute atomic E-state index is 0.0267. The van der Waals surface area contributed by atoms with Gasteiger partial charge in [0.15, 0.2) is 0 Å². The molecule has 0 fully saturated rings. The maximum atomic E-state index is 13.6. The molecule has 0 heterocycles. The Hall–Kier alpha value is -1.92.